The van der Waals surface area contributed by atoms with Crippen LogP contribution < -0.4 is 21.5 Å². The number of hydrogen-bond acceptors (Lipinski definition) is 6. The van der Waals surface area contributed by atoms with Crippen LogP contribution in [0.1, 0.15) is 51.6 Å². The van der Waals surface area contributed by atoms with Crippen LogP contribution in [0.3, 0.4) is 0 Å². The number of hydrogen-bond donors (Lipinski definition) is 3. The predicted molar refractivity (Wildman–Crippen MR) is 173 cm³/mol. The number of likely N-dealkylation sites (N-methyl/N-ethyl adjacent to an activating group) is 1. The molecule has 224 valence electrons. The zero-order valence-corrected chi connectivity index (χ0v) is 25.5. The number of nitrogens with zero attached hydrogens (tertiary/aromatic N) is 3. The van der Waals surface area contributed by atoms with E-state index in [0.717, 1.165) is 42.5 Å². The van der Waals surface area contributed by atoms with E-state index in [9.17, 15) is 14.4 Å². The van der Waals surface area contributed by atoms with Crippen molar-refractivity contribution in [2.75, 3.05) is 37.8 Å². The Balaban J connectivity index is 1.55. The third-order valence-electron chi connectivity index (χ3n) is 7.25. The SMILES string of the molecule is CCCCc1ccccc1C(=O)Nc1cccc(-c2cn(C)c(=O)c(Nc3ccc(C(=O)NCCN(C)C)cc3)n2)c1C. The molecule has 0 atom stereocenters. The third kappa shape index (κ3) is 7.96. The number of unbranched alkanes of at least 4 members (excludes halogenated alkanes) is 1. The highest BCUT2D eigenvalue weighted by Gasteiger charge is 2.16. The molecule has 0 aliphatic heterocycles. The molecule has 0 aliphatic rings. The number of carbonyl (C=O) groups is 2. The summed E-state index contributed by atoms with van der Waals surface area (Å²) in [6, 6.07) is 20.3. The zero-order valence-electron chi connectivity index (χ0n) is 25.5. The summed E-state index contributed by atoms with van der Waals surface area (Å²) in [6.07, 6.45) is 4.61. The van der Waals surface area contributed by atoms with Crippen molar-refractivity contribution >= 4 is 29.0 Å². The van der Waals surface area contributed by atoms with E-state index < -0.39 is 0 Å². The summed E-state index contributed by atoms with van der Waals surface area (Å²) < 4.78 is 1.48. The fourth-order valence-electron chi connectivity index (χ4n) is 4.72. The summed E-state index contributed by atoms with van der Waals surface area (Å²) in [5.41, 5.74) is 5.46. The van der Waals surface area contributed by atoms with Crippen molar-refractivity contribution in [3.8, 4) is 11.3 Å². The molecule has 0 spiro atoms. The van der Waals surface area contributed by atoms with Crippen molar-refractivity contribution in [3.05, 3.63) is 106 Å². The molecule has 1 heterocycles. The van der Waals surface area contributed by atoms with Gasteiger partial charge in [0.15, 0.2) is 5.82 Å². The first-order valence-electron chi connectivity index (χ1n) is 14.5. The number of amides is 2. The maximum absolute atomic E-state index is 13.3. The van der Waals surface area contributed by atoms with Gasteiger partial charge in [0.25, 0.3) is 17.4 Å². The Hall–Kier alpha value is -4.76. The Labute approximate surface area is 253 Å². The average molecular weight is 581 g/mol. The number of aryl methyl sites for hydroxylation is 2. The Morgan fingerprint density at radius 2 is 1.70 bits per heavy atom. The molecule has 0 bridgehead atoms. The first kappa shape index (κ1) is 31.2. The summed E-state index contributed by atoms with van der Waals surface area (Å²) in [5.74, 6) is -0.157. The van der Waals surface area contributed by atoms with Gasteiger partial charge in [-0.15, -0.1) is 0 Å². The molecule has 2 amide bonds. The molecular weight excluding hydrogens is 540 g/mol. The van der Waals surface area contributed by atoms with E-state index in [2.05, 4.69) is 27.9 Å². The molecule has 0 aliphatic carbocycles. The quantitative estimate of drug-likeness (QED) is 0.208. The lowest BCUT2D eigenvalue weighted by Crippen LogP contribution is -2.31. The zero-order chi connectivity index (χ0) is 30.9. The molecular formula is C34H40N6O3. The van der Waals surface area contributed by atoms with Crippen LogP contribution in [0.4, 0.5) is 17.2 Å². The average Bonchev–Trinajstić information content (AvgIpc) is 2.99. The van der Waals surface area contributed by atoms with Crippen LogP contribution in [-0.4, -0.2) is 53.5 Å². The standard InChI is InChI=1S/C34H40N6O3/c1-6-7-11-24-12-8-9-13-28(24)33(42)38-29-15-10-14-27(23(29)2)30-22-40(5)34(43)31(37-30)36-26-18-16-25(17-19-26)32(41)35-20-21-39(3)4/h8-10,12-19,22H,6-7,11,20-21H2,1-5H3,(H,35,41)(H,36,37)(H,38,42). The fraction of sp³-hybridized carbons (Fsp3) is 0.294. The minimum absolute atomic E-state index is 0.155. The third-order valence-corrected chi connectivity index (χ3v) is 7.25. The van der Waals surface area contributed by atoms with Gasteiger partial charge in [-0.25, -0.2) is 4.98 Å². The summed E-state index contributed by atoms with van der Waals surface area (Å²) in [7, 11) is 5.57. The van der Waals surface area contributed by atoms with Crippen molar-refractivity contribution in [1.29, 1.82) is 0 Å². The van der Waals surface area contributed by atoms with Gasteiger partial charge >= 0.3 is 0 Å². The maximum atomic E-state index is 13.3. The molecule has 9 nitrogen and oxygen atoms in total. The first-order valence-corrected chi connectivity index (χ1v) is 14.5. The Kier molecular flexibility index (Phi) is 10.5. The molecule has 1 aromatic heterocycles. The second-order valence-electron chi connectivity index (χ2n) is 10.8. The van der Waals surface area contributed by atoms with Crippen molar-refractivity contribution in [2.24, 2.45) is 7.05 Å². The summed E-state index contributed by atoms with van der Waals surface area (Å²) in [4.78, 5) is 45.3. The minimum atomic E-state index is -0.292. The topological polar surface area (TPSA) is 108 Å². The van der Waals surface area contributed by atoms with E-state index in [4.69, 9.17) is 0 Å². The molecule has 9 heteroatoms. The van der Waals surface area contributed by atoms with E-state index >= 15 is 0 Å². The highest BCUT2D eigenvalue weighted by atomic mass is 16.2. The summed E-state index contributed by atoms with van der Waals surface area (Å²) in [6.45, 7) is 5.36. The molecule has 0 fully saturated rings. The van der Waals surface area contributed by atoms with Gasteiger partial charge < -0.3 is 25.4 Å². The van der Waals surface area contributed by atoms with Gasteiger partial charge in [-0.1, -0.05) is 43.7 Å². The normalized spacial score (nSPS) is 10.9. The molecule has 3 N–H and O–H groups in total. The first-order chi connectivity index (χ1) is 20.7. The molecule has 0 saturated carbocycles. The minimum Gasteiger partial charge on any atom is -0.351 e. The largest absolute Gasteiger partial charge is 0.351 e. The maximum Gasteiger partial charge on any atom is 0.293 e. The highest BCUT2D eigenvalue weighted by molar-refractivity contribution is 6.06. The van der Waals surface area contributed by atoms with Crippen molar-refractivity contribution < 1.29 is 9.59 Å². The molecule has 4 aromatic rings. The Bertz CT molecular complexity index is 1640. The molecule has 0 unspecified atom stereocenters. The van der Waals surface area contributed by atoms with Crippen molar-refractivity contribution in [2.45, 2.75) is 33.1 Å². The van der Waals surface area contributed by atoms with E-state index in [1.165, 1.54) is 4.57 Å². The number of carbonyl (C=O) groups excluding carboxylic acids is 2. The van der Waals surface area contributed by atoms with Gasteiger partial charge in [0.1, 0.15) is 0 Å². The molecule has 43 heavy (non-hydrogen) atoms. The second kappa shape index (κ2) is 14.4. The summed E-state index contributed by atoms with van der Waals surface area (Å²) in [5, 5.41) is 9.08. The fourth-order valence-corrected chi connectivity index (χ4v) is 4.72. The van der Waals surface area contributed by atoms with Gasteiger partial charge in [0.05, 0.1) is 5.69 Å². The predicted octanol–water partition coefficient (Wildman–Crippen LogP) is 5.39. The van der Waals surface area contributed by atoms with Gasteiger partial charge in [-0.2, -0.15) is 0 Å². The number of rotatable bonds is 12. The van der Waals surface area contributed by atoms with Gasteiger partial charge in [0.2, 0.25) is 0 Å². The Morgan fingerprint density at radius 1 is 0.953 bits per heavy atom. The number of nitrogens with one attached hydrogen (secondary N) is 3. The van der Waals surface area contributed by atoms with Crippen LogP contribution >= 0.6 is 0 Å². The number of anilines is 3. The molecule has 4 rings (SSSR count). The number of aromatic nitrogens is 2. The number of benzene rings is 3. The van der Waals surface area contributed by atoms with Gasteiger partial charge in [-0.05, 0) is 81.4 Å². The molecule has 0 radical (unpaired) electrons. The smallest absolute Gasteiger partial charge is 0.293 e. The van der Waals surface area contributed by atoms with E-state index in [1.807, 2.05) is 68.4 Å². The monoisotopic (exact) mass is 580 g/mol. The van der Waals surface area contributed by atoms with E-state index in [1.54, 1.807) is 37.5 Å². The van der Waals surface area contributed by atoms with Crippen molar-refractivity contribution in [3.63, 3.8) is 0 Å². The van der Waals surface area contributed by atoms with Crippen LogP contribution in [0.2, 0.25) is 0 Å². The van der Waals surface area contributed by atoms with Crippen molar-refractivity contribution in [1.82, 2.24) is 19.8 Å². The van der Waals surface area contributed by atoms with Crippen LogP contribution in [-0.2, 0) is 13.5 Å². The van der Waals surface area contributed by atoms with Crippen LogP contribution in [0.25, 0.3) is 11.3 Å². The van der Waals surface area contributed by atoms with E-state index in [0.29, 0.717) is 34.7 Å². The second-order valence-corrected chi connectivity index (χ2v) is 10.8. The van der Waals surface area contributed by atoms with Gasteiger partial charge in [-0.3, -0.25) is 14.4 Å². The molecule has 3 aromatic carbocycles. The highest BCUT2D eigenvalue weighted by Crippen LogP contribution is 2.28. The van der Waals surface area contributed by atoms with Gasteiger partial charge in [0, 0.05) is 54.4 Å². The van der Waals surface area contributed by atoms with Crippen LogP contribution in [0.5, 0.6) is 0 Å². The van der Waals surface area contributed by atoms with Crippen LogP contribution in [0, 0.1) is 6.92 Å². The Morgan fingerprint density at radius 3 is 2.42 bits per heavy atom. The lowest BCUT2D eigenvalue weighted by Gasteiger charge is -2.15. The van der Waals surface area contributed by atoms with Crippen LogP contribution in [0.15, 0.2) is 77.7 Å². The summed E-state index contributed by atoms with van der Waals surface area (Å²) >= 11 is 0. The lowest BCUT2D eigenvalue weighted by atomic mass is 10.0. The molecule has 0 saturated heterocycles. The van der Waals surface area contributed by atoms with E-state index in [-0.39, 0.29) is 23.2 Å². The lowest BCUT2D eigenvalue weighted by molar-refractivity contribution is 0.0950.